The van der Waals surface area contributed by atoms with Gasteiger partial charge >= 0.3 is 0 Å². The highest BCUT2D eigenvalue weighted by Crippen LogP contribution is 2.26. The van der Waals surface area contributed by atoms with Crippen LogP contribution < -0.4 is 11.1 Å². The predicted molar refractivity (Wildman–Crippen MR) is 88.4 cm³/mol. The molecule has 1 heterocycles. The van der Waals surface area contributed by atoms with Crippen molar-refractivity contribution in [1.82, 2.24) is 10.2 Å². The van der Waals surface area contributed by atoms with E-state index in [4.69, 9.17) is 5.73 Å². The smallest absolute Gasteiger partial charge is 0.220 e. The summed E-state index contributed by atoms with van der Waals surface area (Å²) >= 11 is 0. The lowest BCUT2D eigenvalue weighted by molar-refractivity contribution is -0.122. The van der Waals surface area contributed by atoms with Crippen molar-refractivity contribution < 1.29 is 4.79 Å². The number of rotatable bonds is 5. The first-order valence-electron chi connectivity index (χ1n) is 8.54. The average molecular weight is 301 g/mol. The molecule has 1 saturated carbocycles. The monoisotopic (exact) mass is 301 g/mol. The van der Waals surface area contributed by atoms with E-state index in [-0.39, 0.29) is 11.9 Å². The summed E-state index contributed by atoms with van der Waals surface area (Å²) < 4.78 is 0. The van der Waals surface area contributed by atoms with E-state index >= 15 is 0 Å². The zero-order valence-corrected chi connectivity index (χ0v) is 13.3. The Labute approximate surface area is 133 Å². The number of hydrogen-bond acceptors (Lipinski definition) is 3. The Balaban J connectivity index is 1.38. The number of nitrogens with one attached hydrogen (secondary N) is 1. The van der Waals surface area contributed by atoms with Gasteiger partial charge in [-0.1, -0.05) is 30.7 Å². The second-order valence-corrected chi connectivity index (χ2v) is 6.70. The van der Waals surface area contributed by atoms with E-state index in [9.17, 15) is 4.79 Å². The molecule has 1 aliphatic heterocycles. The normalized spacial score (nSPS) is 25.0. The van der Waals surface area contributed by atoms with Gasteiger partial charge in [0.05, 0.1) is 0 Å². The van der Waals surface area contributed by atoms with Crippen LogP contribution in [0.3, 0.4) is 0 Å². The van der Waals surface area contributed by atoms with Gasteiger partial charge in [0.25, 0.3) is 0 Å². The molecule has 1 aliphatic carbocycles. The fourth-order valence-electron chi connectivity index (χ4n) is 3.73. The second kappa shape index (κ2) is 7.25. The van der Waals surface area contributed by atoms with Gasteiger partial charge in [0.15, 0.2) is 0 Å². The minimum atomic E-state index is 0.166. The number of benzene rings is 1. The van der Waals surface area contributed by atoms with E-state index in [0.29, 0.717) is 12.3 Å². The third-order valence-corrected chi connectivity index (χ3v) is 5.13. The molecule has 1 fully saturated rings. The van der Waals surface area contributed by atoms with Crippen LogP contribution >= 0.6 is 0 Å². The van der Waals surface area contributed by atoms with Crippen molar-refractivity contribution >= 4 is 5.91 Å². The number of nitrogens with two attached hydrogens (primary N) is 1. The standard InChI is InChI=1S/C18H27N3O/c19-17-7-3-6-15(17)12-18(22)20-9-11-21-10-8-14-4-1-2-5-16(14)13-21/h1-2,4-5,15,17H,3,6-13,19H2,(H,20,22)/t15-,17+/m0/s1. The van der Waals surface area contributed by atoms with Crippen molar-refractivity contribution in [3.05, 3.63) is 35.4 Å². The molecule has 0 radical (unpaired) electrons. The maximum absolute atomic E-state index is 12.0. The van der Waals surface area contributed by atoms with Crippen LogP contribution in [0.5, 0.6) is 0 Å². The lowest BCUT2D eigenvalue weighted by Crippen LogP contribution is -2.39. The number of hydrogen-bond donors (Lipinski definition) is 2. The van der Waals surface area contributed by atoms with Crippen molar-refractivity contribution in [2.45, 2.75) is 44.7 Å². The van der Waals surface area contributed by atoms with Crippen LogP contribution in [0.15, 0.2) is 24.3 Å². The third-order valence-electron chi connectivity index (χ3n) is 5.13. The fourth-order valence-corrected chi connectivity index (χ4v) is 3.73. The third kappa shape index (κ3) is 3.87. The molecule has 1 amide bonds. The number of carbonyl (C=O) groups excluding carboxylic acids is 1. The minimum absolute atomic E-state index is 0.166. The van der Waals surface area contributed by atoms with Crippen molar-refractivity contribution in [3.8, 4) is 0 Å². The molecule has 120 valence electrons. The lowest BCUT2D eigenvalue weighted by Gasteiger charge is -2.28. The molecular weight excluding hydrogens is 274 g/mol. The van der Waals surface area contributed by atoms with Gasteiger partial charge in [-0.3, -0.25) is 9.69 Å². The lowest BCUT2D eigenvalue weighted by atomic mass is 9.99. The van der Waals surface area contributed by atoms with E-state index in [0.717, 1.165) is 45.4 Å². The highest BCUT2D eigenvalue weighted by molar-refractivity contribution is 5.76. The first-order valence-corrected chi connectivity index (χ1v) is 8.54. The zero-order chi connectivity index (χ0) is 15.4. The molecule has 0 saturated heterocycles. The molecule has 0 unspecified atom stereocenters. The van der Waals surface area contributed by atoms with Gasteiger partial charge in [0.2, 0.25) is 5.91 Å². The summed E-state index contributed by atoms with van der Waals surface area (Å²) in [7, 11) is 0. The largest absolute Gasteiger partial charge is 0.355 e. The summed E-state index contributed by atoms with van der Waals surface area (Å²) in [5.41, 5.74) is 8.93. The van der Waals surface area contributed by atoms with Crippen LogP contribution in [0.25, 0.3) is 0 Å². The van der Waals surface area contributed by atoms with E-state index in [2.05, 4.69) is 34.5 Å². The summed E-state index contributed by atoms with van der Waals surface area (Å²) in [5.74, 6) is 0.557. The van der Waals surface area contributed by atoms with Crippen LogP contribution in [0.4, 0.5) is 0 Å². The molecule has 22 heavy (non-hydrogen) atoms. The molecule has 1 aromatic rings. The minimum Gasteiger partial charge on any atom is -0.355 e. The van der Waals surface area contributed by atoms with E-state index in [1.165, 1.54) is 17.5 Å². The van der Waals surface area contributed by atoms with Crippen LogP contribution in [0, 0.1) is 5.92 Å². The van der Waals surface area contributed by atoms with Gasteiger partial charge in [0, 0.05) is 38.6 Å². The first kappa shape index (κ1) is 15.5. The van der Waals surface area contributed by atoms with Crippen molar-refractivity contribution in [1.29, 1.82) is 0 Å². The summed E-state index contributed by atoms with van der Waals surface area (Å²) in [6.07, 6.45) is 5.07. The zero-order valence-electron chi connectivity index (χ0n) is 13.3. The molecule has 0 aromatic heterocycles. The van der Waals surface area contributed by atoms with E-state index in [1.54, 1.807) is 0 Å². The van der Waals surface area contributed by atoms with Gasteiger partial charge in [-0.15, -0.1) is 0 Å². The molecule has 4 nitrogen and oxygen atoms in total. The topological polar surface area (TPSA) is 58.4 Å². The van der Waals surface area contributed by atoms with E-state index in [1.807, 2.05) is 0 Å². The predicted octanol–water partition coefficient (Wildman–Crippen LogP) is 1.68. The van der Waals surface area contributed by atoms with Gasteiger partial charge < -0.3 is 11.1 Å². The highest BCUT2D eigenvalue weighted by Gasteiger charge is 2.25. The van der Waals surface area contributed by atoms with Crippen molar-refractivity contribution in [2.75, 3.05) is 19.6 Å². The second-order valence-electron chi connectivity index (χ2n) is 6.70. The summed E-state index contributed by atoms with van der Waals surface area (Å²) in [6.45, 7) is 3.75. The summed E-state index contributed by atoms with van der Waals surface area (Å²) in [6, 6.07) is 8.88. The van der Waals surface area contributed by atoms with Crippen LogP contribution in [0.1, 0.15) is 36.8 Å². The SMILES string of the molecule is N[C@@H]1CCC[C@H]1CC(=O)NCCN1CCc2ccccc2C1. The molecule has 0 spiro atoms. The Kier molecular flexibility index (Phi) is 5.11. The van der Waals surface area contributed by atoms with Gasteiger partial charge in [0.1, 0.15) is 0 Å². The quantitative estimate of drug-likeness (QED) is 0.870. The summed E-state index contributed by atoms with van der Waals surface area (Å²) in [4.78, 5) is 14.4. The number of nitrogens with zero attached hydrogens (tertiary/aromatic N) is 1. The molecular formula is C18H27N3O. The van der Waals surface area contributed by atoms with E-state index < -0.39 is 0 Å². The molecule has 2 aliphatic rings. The number of amides is 1. The molecule has 3 rings (SSSR count). The van der Waals surface area contributed by atoms with Gasteiger partial charge in [-0.2, -0.15) is 0 Å². The van der Waals surface area contributed by atoms with Crippen molar-refractivity contribution in [3.63, 3.8) is 0 Å². The van der Waals surface area contributed by atoms with Crippen LogP contribution in [0.2, 0.25) is 0 Å². The molecule has 4 heteroatoms. The molecule has 1 aromatic carbocycles. The first-order chi connectivity index (χ1) is 10.7. The number of fused-ring (bicyclic) bond motifs is 1. The maximum atomic E-state index is 12.0. The van der Waals surface area contributed by atoms with Crippen molar-refractivity contribution in [2.24, 2.45) is 11.7 Å². The van der Waals surface area contributed by atoms with Gasteiger partial charge in [-0.05, 0) is 36.3 Å². The van der Waals surface area contributed by atoms with Crippen LogP contribution in [-0.4, -0.2) is 36.5 Å². The summed E-state index contributed by atoms with van der Waals surface area (Å²) in [5, 5.41) is 3.07. The molecule has 0 bridgehead atoms. The molecule has 2 atom stereocenters. The van der Waals surface area contributed by atoms with Gasteiger partial charge in [-0.25, -0.2) is 0 Å². The maximum Gasteiger partial charge on any atom is 0.220 e. The Bertz CT molecular complexity index is 517. The Morgan fingerprint density at radius 3 is 2.86 bits per heavy atom. The Hall–Kier alpha value is -1.39. The number of carbonyl (C=O) groups is 1. The Morgan fingerprint density at radius 2 is 2.09 bits per heavy atom. The Morgan fingerprint density at radius 1 is 1.27 bits per heavy atom. The average Bonchev–Trinajstić information content (AvgIpc) is 2.92. The molecule has 3 N–H and O–H groups in total. The van der Waals surface area contributed by atoms with Crippen LogP contribution in [-0.2, 0) is 17.8 Å². The highest BCUT2D eigenvalue weighted by atomic mass is 16.1. The fraction of sp³-hybridized carbons (Fsp3) is 0.611.